The van der Waals surface area contributed by atoms with Gasteiger partial charge in [0.15, 0.2) is 11.7 Å². The van der Waals surface area contributed by atoms with E-state index in [2.05, 4.69) is 16.4 Å². The van der Waals surface area contributed by atoms with E-state index >= 15 is 0 Å². The highest BCUT2D eigenvalue weighted by atomic mass is 35.5. The van der Waals surface area contributed by atoms with Gasteiger partial charge in [0, 0.05) is 10.9 Å². The number of halogens is 2. The standard InChI is InChI=1S/C19H16ClFN2O2S/c1-11-3-4-12(2)14(7-11)16-10-26-19(22-16)23-18(24)9-25-17-6-5-13(21)8-15(17)20/h3-8,10H,9H2,1-2H3,(H,22,23,24). The molecule has 0 saturated heterocycles. The zero-order valence-electron chi connectivity index (χ0n) is 14.2. The van der Waals surface area contributed by atoms with Crippen LogP contribution in [0.5, 0.6) is 5.75 Å². The third-order valence-electron chi connectivity index (χ3n) is 3.67. The highest BCUT2D eigenvalue weighted by Gasteiger charge is 2.11. The Hall–Kier alpha value is -2.44. The van der Waals surface area contributed by atoms with Gasteiger partial charge in [-0.25, -0.2) is 9.37 Å². The lowest BCUT2D eigenvalue weighted by Gasteiger charge is -2.07. The summed E-state index contributed by atoms with van der Waals surface area (Å²) in [7, 11) is 0. The molecule has 0 fully saturated rings. The second kappa shape index (κ2) is 7.85. The maximum atomic E-state index is 13.0. The van der Waals surface area contributed by atoms with E-state index in [0.717, 1.165) is 28.5 Å². The monoisotopic (exact) mass is 390 g/mol. The molecule has 0 saturated carbocycles. The zero-order chi connectivity index (χ0) is 18.7. The van der Waals surface area contributed by atoms with Crippen LogP contribution in [0.2, 0.25) is 5.02 Å². The van der Waals surface area contributed by atoms with Gasteiger partial charge in [0.2, 0.25) is 0 Å². The van der Waals surface area contributed by atoms with E-state index in [1.807, 2.05) is 31.4 Å². The summed E-state index contributed by atoms with van der Waals surface area (Å²) in [6.07, 6.45) is 0. The van der Waals surface area contributed by atoms with Gasteiger partial charge in [0.25, 0.3) is 5.91 Å². The maximum Gasteiger partial charge on any atom is 0.264 e. The first-order valence-electron chi connectivity index (χ1n) is 7.83. The molecule has 0 aliphatic rings. The molecule has 0 aliphatic heterocycles. The number of nitrogens with one attached hydrogen (secondary N) is 1. The van der Waals surface area contributed by atoms with Crippen molar-refractivity contribution >= 4 is 34.0 Å². The molecule has 0 radical (unpaired) electrons. The molecule has 1 aromatic heterocycles. The Labute approximate surface area is 159 Å². The lowest BCUT2D eigenvalue weighted by Crippen LogP contribution is -2.20. The van der Waals surface area contributed by atoms with Crippen LogP contribution in [-0.2, 0) is 4.79 Å². The van der Waals surface area contributed by atoms with Gasteiger partial charge in [0.05, 0.1) is 10.7 Å². The lowest BCUT2D eigenvalue weighted by molar-refractivity contribution is -0.118. The second-order valence-electron chi connectivity index (χ2n) is 5.77. The van der Waals surface area contributed by atoms with Gasteiger partial charge in [-0.3, -0.25) is 10.1 Å². The Morgan fingerprint density at radius 2 is 2.08 bits per heavy atom. The Morgan fingerprint density at radius 3 is 2.85 bits per heavy atom. The number of benzene rings is 2. The van der Waals surface area contributed by atoms with Crippen LogP contribution in [0, 0.1) is 19.7 Å². The quantitative estimate of drug-likeness (QED) is 0.648. The first kappa shape index (κ1) is 18.4. The lowest BCUT2D eigenvalue weighted by atomic mass is 10.0. The minimum Gasteiger partial charge on any atom is -0.482 e. The summed E-state index contributed by atoms with van der Waals surface area (Å²) in [5.41, 5.74) is 4.12. The number of rotatable bonds is 5. The van der Waals surface area contributed by atoms with Crippen molar-refractivity contribution in [2.75, 3.05) is 11.9 Å². The summed E-state index contributed by atoms with van der Waals surface area (Å²) < 4.78 is 18.3. The fraction of sp³-hybridized carbons (Fsp3) is 0.158. The number of ether oxygens (including phenoxy) is 1. The number of nitrogens with zero attached hydrogens (tertiary/aromatic N) is 1. The van der Waals surface area contributed by atoms with E-state index in [9.17, 15) is 9.18 Å². The molecule has 0 aliphatic carbocycles. The van der Waals surface area contributed by atoms with Crippen molar-refractivity contribution in [1.82, 2.24) is 4.98 Å². The summed E-state index contributed by atoms with van der Waals surface area (Å²) in [5.74, 6) is -0.584. The van der Waals surface area contributed by atoms with Crippen molar-refractivity contribution in [1.29, 1.82) is 0 Å². The number of anilines is 1. The van der Waals surface area contributed by atoms with Gasteiger partial charge in [-0.05, 0) is 43.7 Å². The molecule has 134 valence electrons. The summed E-state index contributed by atoms with van der Waals surface area (Å²) in [6.45, 7) is 3.80. The molecule has 4 nitrogen and oxygen atoms in total. The first-order chi connectivity index (χ1) is 12.4. The number of thiazole rings is 1. The van der Waals surface area contributed by atoms with E-state index in [1.165, 1.54) is 23.5 Å². The van der Waals surface area contributed by atoms with Gasteiger partial charge >= 0.3 is 0 Å². The number of amides is 1. The summed E-state index contributed by atoms with van der Waals surface area (Å²) in [5, 5.41) is 5.19. The van der Waals surface area contributed by atoms with Gasteiger partial charge in [-0.1, -0.05) is 29.3 Å². The molecule has 0 atom stereocenters. The Bertz CT molecular complexity index is 958. The molecule has 7 heteroatoms. The van der Waals surface area contributed by atoms with E-state index in [0.29, 0.717) is 5.13 Å². The third-order valence-corrected chi connectivity index (χ3v) is 4.73. The van der Waals surface area contributed by atoms with Gasteiger partial charge in [-0.15, -0.1) is 11.3 Å². The molecule has 26 heavy (non-hydrogen) atoms. The smallest absolute Gasteiger partial charge is 0.264 e. The van der Waals surface area contributed by atoms with E-state index in [4.69, 9.17) is 16.3 Å². The Balaban J connectivity index is 1.63. The van der Waals surface area contributed by atoms with Crippen molar-refractivity contribution in [3.8, 4) is 17.0 Å². The zero-order valence-corrected chi connectivity index (χ0v) is 15.7. The van der Waals surface area contributed by atoms with E-state index in [1.54, 1.807) is 0 Å². The van der Waals surface area contributed by atoms with Crippen LogP contribution in [0.25, 0.3) is 11.3 Å². The van der Waals surface area contributed by atoms with Crippen LogP contribution < -0.4 is 10.1 Å². The van der Waals surface area contributed by atoms with Crippen LogP contribution in [-0.4, -0.2) is 17.5 Å². The predicted molar refractivity (Wildman–Crippen MR) is 103 cm³/mol. The van der Waals surface area contributed by atoms with Crippen LogP contribution in [0.4, 0.5) is 9.52 Å². The van der Waals surface area contributed by atoms with Crippen molar-refractivity contribution in [3.63, 3.8) is 0 Å². The van der Waals surface area contributed by atoms with Gasteiger partial charge in [0.1, 0.15) is 11.6 Å². The van der Waals surface area contributed by atoms with Crippen molar-refractivity contribution in [2.24, 2.45) is 0 Å². The van der Waals surface area contributed by atoms with Crippen molar-refractivity contribution in [3.05, 3.63) is 63.7 Å². The predicted octanol–water partition coefficient (Wildman–Crippen LogP) is 5.24. The van der Waals surface area contributed by atoms with Crippen LogP contribution in [0.1, 0.15) is 11.1 Å². The molecule has 0 bridgehead atoms. The molecule has 1 heterocycles. The molecule has 2 aromatic carbocycles. The average molecular weight is 391 g/mol. The van der Waals surface area contributed by atoms with Gasteiger partial charge < -0.3 is 4.74 Å². The Morgan fingerprint density at radius 1 is 1.27 bits per heavy atom. The molecule has 0 unspecified atom stereocenters. The number of carbonyl (C=O) groups excluding carboxylic acids is 1. The fourth-order valence-electron chi connectivity index (χ4n) is 2.36. The molecule has 3 aromatic rings. The Kier molecular flexibility index (Phi) is 5.54. The number of aryl methyl sites for hydroxylation is 2. The summed E-state index contributed by atoms with van der Waals surface area (Å²) >= 11 is 7.20. The molecule has 1 amide bonds. The number of aromatic nitrogens is 1. The van der Waals surface area contributed by atoms with Crippen molar-refractivity contribution < 1.29 is 13.9 Å². The minimum atomic E-state index is -0.464. The van der Waals surface area contributed by atoms with Crippen molar-refractivity contribution in [2.45, 2.75) is 13.8 Å². The normalized spacial score (nSPS) is 10.6. The van der Waals surface area contributed by atoms with Crippen LogP contribution in [0.15, 0.2) is 41.8 Å². The number of carbonyl (C=O) groups is 1. The average Bonchev–Trinajstić information content (AvgIpc) is 3.04. The maximum absolute atomic E-state index is 13.0. The molecule has 3 rings (SSSR count). The third kappa shape index (κ3) is 4.39. The molecule has 1 N–H and O–H groups in total. The summed E-state index contributed by atoms with van der Waals surface area (Å²) in [6, 6.07) is 9.89. The highest BCUT2D eigenvalue weighted by Crippen LogP contribution is 2.28. The van der Waals surface area contributed by atoms with Crippen LogP contribution in [0.3, 0.4) is 0 Å². The second-order valence-corrected chi connectivity index (χ2v) is 7.03. The first-order valence-corrected chi connectivity index (χ1v) is 9.09. The SMILES string of the molecule is Cc1ccc(C)c(-c2csc(NC(=O)COc3ccc(F)cc3Cl)n2)c1. The summed E-state index contributed by atoms with van der Waals surface area (Å²) in [4.78, 5) is 16.5. The molecular weight excluding hydrogens is 375 g/mol. The fourth-order valence-corrected chi connectivity index (χ4v) is 3.31. The van der Waals surface area contributed by atoms with Gasteiger partial charge in [-0.2, -0.15) is 0 Å². The molecular formula is C19H16ClFN2O2S. The largest absolute Gasteiger partial charge is 0.482 e. The number of hydrogen-bond acceptors (Lipinski definition) is 4. The minimum absolute atomic E-state index is 0.115. The molecule has 0 spiro atoms. The number of hydrogen-bond donors (Lipinski definition) is 1. The highest BCUT2D eigenvalue weighted by molar-refractivity contribution is 7.14. The van der Waals surface area contributed by atoms with E-state index in [-0.39, 0.29) is 23.3 Å². The van der Waals surface area contributed by atoms with E-state index < -0.39 is 5.82 Å². The topological polar surface area (TPSA) is 51.2 Å². The van der Waals surface area contributed by atoms with Crippen LogP contribution >= 0.6 is 22.9 Å².